The van der Waals surface area contributed by atoms with Crippen LogP contribution in [0.15, 0.2) is 12.1 Å². The van der Waals surface area contributed by atoms with Gasteiger partial charge in [-0.1, -0.05) is 0 Å². The lowest BCUT2D eigenvalue weighted by atomic mass is 10.0. The average Bonchev–Trinajstić information content (AvgIpc) is 2.28. The zero-order chi connectivity index (χ0) is 15.0. The Morgan fingerprint density at radius 1 is 1.32 bits per heavy atom. The monoisotopic (exact) mass is 282 g/mol. The first kappa shape index (κ1) is 15.0. The summed E-state index contributed by atoms with van der Waals surface area (Å²) in [6.45, 7) is 0. The summed E-state index contributed by atoms with van der Waals surface area (Å²) in [5, 5.41) is 37.8. The molecule has 106 valence electrons. The number of nitro benzene ring substituents is 1. The van der Waals surface area contributed by atoms with Gasteiger partial charge in [-0.3, -0.25) is 10.1 Å². The molecule has 2 atom stereocenters. The number of phenolic OH excluding ortho intramolecular Hbond substituents is 2. The van der Waals surface area contributed by atoms with Gasteiger partial charge in [0.05, 0.1) is 11.0 Å². The Labute approximate surface area is 103 Å². The molecule has 1 aromatic rings. The number of benzene rings is 1. The second kappa shape index (κ2) is 4.90. The Morgan fingerprint density at radius 2 is 1.84 bits per heavy atom. The molecule has 10 heteroatoms. The van der Waals surface area contributed by atoms with Crippen LogP contribution >= 0.6 is 0 Å². The van der Waals surface area contributed by atoms with Crippen molar-refractivity contribution in [2.24, 2.45) is 5.73 Å². The quantitative estimate of drug-likeness (QED) is 0.370. The maximum atomic E-state index is 12.2. The summed E-state index contributed by atoms with van der Waals surface area (Å²) < 4.78 is 36.7. The molecule has 0 saturated heterocycles. The molecule has 0 heterocycles. The number of aliphatic hydroxyl groups is 1. The molecule has 0 aliphatic heterocycles. The van der Waals surface area contributed by atoms with Gasteiger partial charge in [0.25, 0.3) is 0 Å². The van der Waals surface area contributed by atoms with Gasteiger partial charge < -0.3 is 21.1 Å². The van der Waals surface area contributed by atoms with Crippen molar-refractivity contribution in [2.45, 2.75) is 18.3 Å². The Hall–Kier alpha value is -2.07. The number of nitro groups is 1. The number of aromatic hydroxyl groups is 2. The van der Waals surface area contributed by atoms with E-state index in [2.05, 4.69) is 0 Å². The number of phenols is 2. The molecular weight excluding hydrogens is 273 g/mol. The average molecular weight is 282 g/mol. The molecule has 0 aromatic heterocycles. The molecule has 0 saturated carbocycles. The molecule has 1 rings (SSSR count). The maximum absolute atomic E-state index is 12.2. The van der Waals surface area contributed by atoms with E-state index >= 15 is 0 Å². The van der Waals surface area contributed by atoms with Crippen molar-refractivity contribution in [3.8, 4) is 11.5 Å². The van der Waals surface area contributed by atoms with Crippen LogP contribution in [-0.4, -0.2) is 32.5 Å². The Morgan fingerprint density at radius 3 is 2.26 bits per heavy atom. The first-order chi connectivity index (χ1) is 8.55. The van der Waals surface area contributed by atoms with Crippen molar-refractivity contribution in [2.75, 3.05) is 0 Å². The number of nitrogens with zero attached hydrogens (tertiary/aromatic N) is 1. The minimum atomic E-state index is -5.03. The van der Waals surface area contributed by atoms with Gasteiger partial charge >= 0.3 is 11.9 Å². The van der Waals surface area contributed by atoms with Crippen LogP contribution in [0.5, 0.6) is 11.5 Å². The number of hydrogen-bond donors (Lipinski definition) is 4. The number of aliphatic hydroxyl groups excluding tert-OH is 1. The van der Waals surface area contributed by atoms with E-state index in [1.165, 1.54) is 0 Å². The number of nitrogens with two attached hydrogens (primary N) is 1. The number of halogens is 3. The zero-order valence-corrected chi connectivity index (χ0v) is 9.13. The smallest absolute Gasteiger partial charge is 0.416 e. The predicted molar refractivity (Wildman–Crippen MR) is 55.4 cm³/mol. The maximum Gasteiger partial charge on any atom is 0.416 e. The van der Waals surface area contributed by atoms with Crippen LogP contribution in [0.25, 0.3) is 0 Å². The fraction of sp³-hybridized carbons (Fsp3) is 0.333. The van der Waals surface area contributed by atoms with Crippen LogP contribution in [0.1, 0.15) is 11.6 Å². The van der Waals surface area contributed by atoms with Crippen molar-refractivity contribution in [1.29, 1.82) is 0 Å². The molecule has 0 aliphatic carbocycles. The molecule has 0 bridgehead atoms. The van der Waals surface area contributed by atoms with E-state index in [4.69, 9.17) is 15.9 Å². The molecular formula is C9H9F3N2O5. The first-order valence-corrected chi connectivity index (χ1v) is 4.76. The van der Waals surface area contributed by atoms with Crippen LogP contribution in [0.4, 0.5) is 18.9 Å². The largest absolute Gasteiger partial charge is 0.504 e. The van der Waals surface area contributed by atoms with Gasteiger partial charge in [0.1, 0.15) is 0 Å². The van der Waals surface area contributed by atoms with E-state index in [0.717, 1.165) is 0 Å². The second-order valence-corrected chi connectivity index (χ2v) is 3.68. The molecule has 0 fully saturated rings. The van der Waals surface area contributed by atoms with Gasteiger partial charge in [0.2, 0.25) is 5.75 Å². The normalized spacial score (nSPS) is 15.0. The van der Waals surface area contributed by atoms with Crippen LogP contribution in [0, 0.1) is 10.1 Å². The van der Waals surface area contributed by atoms with Crippen molar-refractivity contribution in [1.82, 2.24) is 0 Å². The van der Waals surface area contributed by atoms with Crippen molar-refractivity contribution in [3.05, 3.63) is 27.8 Å². The molecule has 7 nitrogen and oxygen atoms in total. The highest BCUT2D eigenvalue weighted by Gasteiger charge is 2.43. The molecule has 1 aromatic carbocycles. The number of hydrogen-bond acceptors (Lipinski definition) is 6. The molecule has 0 spiro atoms. The Balaban J connectivity index is 3.25. The summed E-state index contributed by atoms with van der Waals surface area (Å²) in [5.41, 5.74) is 3.58. The van der Waals surface area contributed by atoms with Gasteiger partial charge in [-0.05, 0) is 11.6 Å². The van der Waals surface area contributed by atoms with Gasteiger partial charge in [0.15, 0.2) is 11.9 Å². The summed E-state index contributed by atoms with van der Waals surface area (Å²) in [4.78, 5) is 9.42. The second-order valence-electron chi connectivity index (χ2n) is 3.68. The summed E-state index contributed by atoms with van der Waals surface area (Å²) >= 11 is 0. The van der Waals surface area contributed by atoms with Crippen LogP contribution in [-0.2, 0) is 0 Å². The van der Waals surface area contributed by atoms with Gasteiger partial charge in [0, 0.05) is 6.07 Å². The highest BCUT2D eigenvalue weighted by Crippen LogP contribution is 2.39. The van der Waals surface area contributed by atoms with Gasteiger partial charge in [-0.2, -0.15) is 13.2 Å². The van der Waals surface area contributed by atoms with E-state index < -0.39 is 46.0 Å². The molecule has 5 N–H and O–H groups in total. The highest BCUT2D eigenvalue weighted by atomic mass is 19.4. The fourth-order valence-corrected chi connectivity index (χ4v) is 1.34. The molecule has 0 unspecified atom stereocenters. The standard InChI is InChI=1S/C9H9F3N2O5/c10-9(11,12)8(17)6(13)3-1-4(14(18)19)7(16)5(15)2-3/h1-2,6,8,15-17H,13H2/t6-,8-/m0/s1. The highest BCUT2D eigenvalue weighted by molar-refractivity contribution is 5.57. The van der Waals surface area contributed by atoms with E-state index in [-0.39, 0.29) is 0 Å². The van der Waals surface area contributed by atoms with Crippen molar-refractivity contribution < 1.29 is 33.4 Å². The zero-order valence-electron chi connectivity index (χ0n) is 9.13. The number of alkyl halides is 3. The lowest BCUT2D eigenvalue weighted by molar-refractivity contribution is -0.386. The van der Waals surface area contributed by atoms with Crippen molar-refractivity contribution >= 4 is 5.69 Å². The minimum absolute atomic E-state index is 0.535. The van der Waals surface area contributed by atoms with Crippen LogP contribution in [0.2, 0.25) is 0 Å². The lowest BCUT2D eigenvalue weighted by Crippen LogP contribution is -2.38. The third kappa shape index (κ3) is 3.03. The Bertz CT molecular complexity index is 505. The fourth-order valence-electron chi connectivity index (χ4n) is 1.34. The first-order valence-electron chi connectivity index (χ1n) is 4.76. The van der Waals surface area contributed by atoms with Gasteiger partial charge in [-0.15, -0.1) is 0 Å². The summed E-state index contributed by atoms with van der Waals surface area (Å²) in [6.07, 6.45) is -7.99. The minimum Gasteiger partial charge on any atom is -0.504 e. The summed E-state index contributed by atoms with van der Waals surface area (Å²) in [6, 6.07) is -0.874. The molecule has 0 amide bonds. The van der Waals surface area contributed by atoms with Crippen LogP contribution in [0.3, 0.4) is 0 Å². The molecule has 0 radical (unpaired) electrons. The number of rotatable bonds is 3. The SMILES string of the molecule is N[C@@H](c1cc(O)c(O)c([N+](=O)[O-])c1)[C@H](O)C(F)(F)F. The van der Waals surface area contributed by atoms with E-state index in [1.807, 2.05) is 0 Å². The van der Waals surface area contributed by atoms with E-state index in [9.17, 15) is 28.4 Å². The summed E-state index contributed by atoms with van der Waals surface area (Å²) in [5.74, 6) is -2.10. The van der Waals surface area contributed by atoms with E-state index in [0.29, 0.717) is 12.1 Å². The summed E-state index contributed by atoms with van der Waals surface area (Å²) in [7, 11) is 0. The third-order valence-corrected chi connectivity index (χ3v) is 2.35. The predicted octanol–water partition coefficient (Wildman–Crippen LogP) is 0.929. The van der Waals surface area contributed by atoms with E-state index in [1.54, 1.807) is 0 Å². The lowest BCUT2D eigenvalue weighted by Gasteiger charge is -2.21. The van der Waals surface area contributed by atoms with Gasteiger partial charge in [-0.25, -0.2) is 0 Å². The Kier molecular flexibility index (Phi) is 3.86. The van der Waals surface area contributed by atoms with Crippen LogP contribution < -0.4 is 5.73 Å². The van der Waals surface area contributed by atoms with Crippen molar-refractivity contribution in [3.63, 3.8) is 0 Å². The topological polar surface area (TPSA) is 130 Å². The third-order valence-electron chi connectivity index (χ3n) is 2.35. The molecule has 19 heavy (non-hydrogen) atoms. The molecule has 0 aliphatic rings.